The summed E-state index contributed by atoms with van der Waals surface area (Å²) < 4.78 is 31.6. The molecule has 0 saturated heterocycles. The maximum atomic E-state index is 8.74. The van der Waals surface area contributed by atoms with Crippen LogP contribution in [0.5, 0.6) is 0 Å². The Balaban J connectivity index is -0.00000000145. The molecule has 0 rings (SSSR count). The first-order valence-electron chi connectivity index (χ1n) is 0.698. The molecule has 22 N–H and O–H groups in total. The Morgan fingerprint density at radius 3 is 0.500 bits per heavy atom. The SMILES string of the molecule is O.O.O.O.O.O.O.O.O.O.O=S(=O)(O)O.[AlH3]. The van der Waals surface area contributed by atoms with E-state index in [0.29, 0.717) is 0 Å². The van der Waals surface area contributed by atoms with Crippen LogP contribution in [0.25, 0.3) is 0 Å². The van der Waals surface area contributed by atoms with Crippen LogP contribution in [0, 0.1) is 0 Å². The van der Waals surface area contributed by atoms with Gasteiger partial charge in [0.25, 0.3) is 0 Å². The molecule has 0 amide bonds. The fourth-order valence-corrected chi connectivity index (χ4v) is 0. The third kappa shape index (κ3) is 389000000. The van der Waals surface area contributed by atoms with E-state index in [2.05, 4.69) is 0 Å². The monoisotopic (exact) mass is 308 g/mol. The summed E-state index contributed by atoms with van der Waals surface area (Å²) in [5.41, 5.74) is 0. The molecule has 0 fully saturated rings. The number of rotatable bonds is 0. The Labute approximate surface area is 101 Å². The van der Waals surface area contributed by atoms with Gasteiger partial charge in [-0.05, 0) is 0 Å². The van der Waals surface area contributed by atoms with Gasteiger partial charge in [-0.15, -0.1) is 0 Å². The molecule has 0 saturated carbocycles. The van der Waals surface area contributed by atoms with E-state index in [1.54, 1.807) is 0 Å². The molecular formula is H25AlO14S. The van der Waals surface area contributed by atoms with Gasteiger partial charge >= 0.3 is 10.4 Å². The zero-order valence-corrected chi connectivity index (χ0v) is 7.94. The van der Waals surface area contributed by atoms with Gasteiger partial charge in [-0.25, -0.2) is 0 Å². The van der Waals surface area contributed by atoms with Crippen LogP contribution in [0.1, 0.15) is 0 Å². The highest BCUT2D eigenvalue weighted by Gasteiger charge is 1.84. The van der Waals surface area contributed by atoms with E-state index < -0.39 is 10.4 Å². The van der Waals surface area contributed by atoms with Gasteiger partial charge in [0.1, 0.15) is 0 Å². The van der Waals surface area contributed by atoms with E-state index in [1.807, 2.05) is 0 Å². The van der Waals surface area contributed by atoms with Gasteiger partial charge in [-0.3, -0.25) is 9.11 Å². The summed E-state index contributed by atoms with van der Waals surface area (Å²) in [6, 6.07) is 0. The molecular weight excluding hydrogens is 283 g/mol. The summed E-state index contributed by atoms with van der Waals surface area (Å²) in [5.74, 6) is 0. The molecule has 0 aromatic rings. The maximum Gasteiger partial charge on any atom is 0.394 e. The second-order valence-corrected chi connectivity index (χ2v) is 1.34. The Bertz CT molecular complexity index is 93.9. The Hall–Kier alpha value is 0.00247. The first-order valence-corrected chi connectivity index (χ1v) is 2.10. The van der Waals surface area contributed by atoms with Crippen LogP contribution in [-0.4, -0.2) is 89.6 Å². The van der Waals surface area contributed by atoms with Crippen molar-refractivity contribution in [2.24, 2.45) is 0 Å². The minimum atomic E-state index is -4.67. The van der Waals surface area contributed by atoms with E-state index in [0.717, 1.165) is 0 Å². The van der Waals surface area contributed by atoms with E-state index in [4.69, 9.17) is 17.5 Å². The molecule has 0 aliphatic carbocycles. The molecule has 0 atom stereocenters. The second-order valence-electron chi connectivity index (χ2n) is 0.448. The second kappa shape index (κ2) is 81.6. The molecule has 0 spiro atoms. The van der Waals surface area contributed by atoms with Crippen molar-refractivity contribution in [3.63, 3.8) is 0 Å². The van der Waals surface area contributed by atoms with E-state index in [-0.39, 0.29) is 72.1 Å². The van der Waals surface area contributed by atoms with Crippen molar-refractivity contribution in [3.8, 4) is 0 Å². The van der Waals surface area contributed by atoms with Crippen LogP contribution >= 0.6 is 0 Å². The topological polar surface area (TPSA) is 390 Å². The summed E-state index contributed by atoms with van der Waals surface area (Å²) >= 11 is 0. The van der Waals surface area contributed by atoms with Crippen molar-refractivity contribution < 1.29 is 72.3 Å². The Morgan fingerprint density at radius 1 is 0.500 bits per heavy atom. The molecule has 0 aliphatic rings. The minimum Gasteiger partial charge on any atom is -0.412 e. The van der Waals surface area contributed by atoms with Crippen molar-refractivity contribution in [2.45, 2.75) is 0 Å². The third-order valence-electron chi connectivity index (χ3n) is 0. The summed E-state index contributed by atoms with van der Waals surface area (Å²) in [4.78, 5) is 0. The number of hydrogen-bond donors (Lipinski definition) is 2. The lowest BCUT2D eigenvalue weighted by atomic mass is 15.8. The smallest absolute Gasteiger partial charge is 0.394 e. The van der Waals surface area contributed by atoms with Gasteiger partial charge in [0, 0.05) is 0 Å². The van der Waals surface area contributed by atoms with Gasteiger partial charge in [-0.2, -0.15) is 8.42 Å². The highest BCUT2D eigenvalue weighted by molar-refractivity contribution is 7.79. The summed E-state index contributed by atoms with van der Waals surface area (Å²) in [7, 11) is -4.67. The summed E-state index contributed by atoms with van der Waals surface area (Å²) in [6.07, 6.45) is 0. The van der Waals surface area contributed by atoms with Crippen LogP contribution in [-0.2, 0) is 10.4 Å². The Morgan fingerprint density at radius 2 is 0.500 bits per heavy atom. The lowest BCUT2D eigenvalue weighted by molar-refractivity contribution is 0.381. The largest absolute Gasteiger partial charge is 0.412 e. The minimum absolute atomic E-state index is 0. The zero-order chi connectivity index (χ0) is 4.50. The lowest BCUT2D eigenvalue weighted by Gasteiger charge is -1.68. The van der Waals surface area contributed by atoms with E-state index >= 15 is 0 Å². The fourth-order valence-electron chi connectivity index (χ4n) is 0. The van der Waals surface area contributed by atoms with Gasteiger partial charge in [-0.1, -0.05) is 0 Å². The molecule has 14 nitrogen and oxygen atoms in total. The summed E-state index contributed by atoms with van der Waals surface area (Å²) in [5, 5.41) is 0. The molecule has 16 heavy (non-hydrogen) atoms. The summed E-state index contributed by atoms with van der Waals surface area (Å²) in [6.45, 7) is 0. The van der Waals surface area contributed by atoms with Gasteiger partial charge < -0.3 is 54.8 Å². The molecule has 16 heteroatoms. The molecule has 0 unspecified atom stereocenters. The highest BCUT2D eigenvalue weighted by Crippen LogP contribution is 1.59. The van der Waals surface area contributed by atoms with Crippen LogP contribution in [0.4, 0.5) is 0 Å². The van der Waals surface area contributed by atoms with Crippen molar-refractivity contribution in [3.05, 3.63) is 0 Å². The molecule has 0 heterocycles. The average molecular weight is 308 g/mol. The van der Waals surface area contributed by atoms with Gasteiger partial charge in [0.2, 0.25) is 0 Å². The highest BCUT2D eigenvalue weighted by atomic mass is 32.3. The van der Waals surface area contributed by atoms with Crippen LogP contribution in [0.15, 0.2) is 0 Å². The maximum absolute atomic E-state index is 8.74. The van der Waals surface area contributed by atoms with Crippen molar-refractivity contribution in [2.75, 3.05) is 0 Å². The third-order valence-corrected chi connectivity index (χ3v) is 0. The molecule has 0 aromatic carbocycles. The first kappa shape index (κ1) is 225. The average Bonchev–Trinajstić information content (AvgIpc) is 0.722. The van der Waals surface area contributed by atoms with E-state index in [1.165, 1.54) is 0 Å². The van der Waals surface area contributed by atoms with Crippen molar-refractivity contribution in [1.82, 2.24) is 0 Å². The van der Waals surface area contributed by atoms with Crippen LogP contribution in [0.2, 0.25) is 0 Å². The predicted molar refractivity (Wildman–Crippen MR) is 60.3 cm³/mol. The molecule has 0 aliphatic heterocycles. The quantitative estimate of drug-likeness (QED) is 0.324. The normalized spacial score (nSPS) is 3.62. The van der Waals surface area contributed by atoms with Crippen molar-refractivity contribution in [1.29, 1.82) is 0 Å². The first-order chi connectivity index (χ1) is 2.00. The molecule has 118 valence electrons. The van der Waals surface area contributed by atoms with Gasteiger partial charge in [0.15, 0.2) is 17.4 Å². The predicted octanol–water partition coefficient (Wildman–Crippen LogP) is -10.1. The number of hydrogen-bond acceptors (Lipinski definition) is 2. The van der Waals surface area contributed by atoms with Crippen LogP contribution < -0.4 is 0 Å². The lowest BCUT2D eigenvalue weighted by Crippen LogP contribution is -1.89. The molecule has 0 bridgehead atoms. The standard InChI is InChI=1S/Al.H2O4S.10H2O.3H/c;1-5(2,3)4;;;;;;;;;;;;;/h;(H2,1,2,3,4);10*1H2;;;. The zero-order valence-electron chi connectivity index (χ0n) is 7.12. The van der Waals surface area contributed by atoms with Crippen LogP contribution in [0.3, 0.4) is 0 Å². The Kier molecular flexibility index (Phi) is 1150. The fraction of sp³-hybridized carbons (Fsp3) is 0. The van der Waals surface area contributed by atoms with Crippen molar-refractivity contribution >= 4 is 27.8 Å². The van der Waals surface area contributed by atoms with E-state index in [9.17, 15) is 0 Å². The molecule has 0 radical (unpaired) electrons. The molecule has 0 aromatic heterocycles. The van der Waals surface area contributed by atoms with Gasteiger partial charge in [0.05, 0.1) is 0 Å².